The average Bonchev–Trinajstić information content (AvgIpc) is 2.87. The Bertz CT molecular complexity index is 1420. The second-order valence-corrected chi connectivity index (χ2v) is 10.4. The summed E-state index contributed by atoms with van der Waals surface area (Å²) in [5.41, 5.74) is 11.1. The number of nitrogens with one attached hydrogen (secondary N) is 1. The molecule has 40 heavy (non-hydrogen) atoms. The van der Waals surface area contributed by atoms with Crippen LogP contribution in [0.15, 0.2) is 43.2 Å². The van der Waals surface area contributed by atoms with E-state index < -0.39 is 36.4 Å². The number of aromatic nitrogens is 4. The molecule has 0 radical (unpaired) electrons. The predicted octanol–water partition coefficient (Wildman–Crippen LogP) is 4.39. The maximum absolute atomic E-state index is 13.9. The molecule has 3 aromatic heterocycles. The van der Waals surface area contributed by atoms with Crippen molar-refractivity contribution in [2.24, 2.45) is 5.73 Å². The van der Waals surface area contributed by atoms with Gasteiger partial charge in [-0.15, -0.1) is 0 Å². The van der Waals surface area contributed by atoms with E-state index in [1.165, 1.54) is 4.90 Å². The number of hydrogen-bond acceptors (Lipinski definition) is 9. The molecule has 9 nitrogen and oxygen atoms in total. The number of piperidine rings is 1. The Morgan fingerprint density at radius 2 is 1.75 bits per heavy atom. The number of anilines is 4. The van der Waals surface area contributed by atoms with Crippen molar-refractivity contribution < 1.29 is 22.0 Å². The second-order valence-electron chi connectivity index (χ2n) is 10.4. The number of nitrogens with two attached hydrogens (primary N) is 2. The van der Waals surface area contributed by atoms with Gasteiger partial charge in [0, 0.05) is 24.8 Å². The van der Waals surface area contributed by atoms with Crippen LogP contribution in [0, 0.1) is 0 Å². The van der Waals surface area contributed by atoms with Gasteiger partial charge in [-0.2, -0.15) is 13.2 Å². The van der Waals surface area contributed by atoms with Gasteiger partial charge < -0.3 is 26.6 Å². The quantitative estimate of drug-likeness (QED) is 0.376. The van der Waals surface area contributed by atoms with E-state index >= 15 is 0 Å². The van der Waals surface area contributed by atoms with E-state index in [2.05, 4.69) is 36.7 Å². The number of halogens is 5. The Hall–Kier alpha value is -4.07. The number of alkyl halides is 5. The molecule has 2 fully saturated rings. The third kappa shape index (κ3) is 5.62. The Morgan fingerprint density at radius 3 is 2.40 bits per heavy atom. The lowest BCUT2D eigenvalue weighted by Gasteiger charge is -2.39. The summed E-state index contributed by atoms with van der Waals surface area (Å²) < 4.78 is 68.4. The molecule has 14 heteroatoms. The third-order valence-electron chi connectivity index (χ3n) is 6.99. The summed E-state index contributed by atoms with van der Waals surface area (Å²) in [4.78, 5) is 20.1. The zero-order valence-electron chi connectivity index (χ0n) is 21.6. The van der Waals surface area contributed by atoms with Crippen LogP contribution in [0.4, 0.5) is 45.1 Å². The number of hydrogen-bond donors (Lipinski definition) is 3. The molecule has 2 aliphatic heterocycles. The fourth-order valence-electron chi connectivity index (χ4n) is 4.67. The van der Waals surface area contributed by atoms with Crippen LogP contribution in [0.2, 0.25) is 0 Å². The zero-order valence-corrected chi connectivity index (χ0v) is 21.6. The highest BCUT2D eigenvalue weighted by Gasteiger charge is 2.45. The Kier molecular flexibility index (Phi) is 6.76. The number of nitrogens with zero attached hydrogens (tertiary/aromatic N) is 6. The molecule has 0 spiro atoms. The molecule has 0 aromatic carbocycles. The number of pyridine rings is 2. The second kappa shape index (κ2) is 9.84. The largest absolute Gasteiger partial charge is 0.418 e. The van der Waals surface area contributed by atoms with E-state index in [1.807, 2.05) is 13.0 Å². The van der Waals surface area contributed by atoms with E-state index in [9.17, 15) is 22.0 Å². The lowest BCUT2D eigenvalue weighted by molar-refractivity contribution is -0.137. The van der Waals surface area contributed by atoms with E-state index in [4.69, 9.17) is 11.5 Å². The van der Waals surface area contributed by atoms with E-state index in [0.29, 0.717) is 18.9 Å². The highest BCUT2D eigenvalue weighted by Crippen LogP contribution is 2.39. The molecule has 2 aliphatic rings. The smallest absolute Gasteiger partial charge is 0.382 e. The van der Waals surface area contributed by atoms with Crippen molar-refractivity contribution in [3.8, 4) is 11.4 Å². The molecular weight excluding hydrogens is 533 g/mol. The van der Waals surface area contributed by atoms with Crippen LogP contribution in [-0.2, 0) is 6.18 Å². The highest BCUT2D eigenvalue weighted by molar-refractivity contribution is 5.82. The molecule has 0 bridgehead atoms. The van der Waals surface area contributed by atoms with Crippen LogP contribution in [0.25, 0.3) is 17.1 Å². The monoisotopic (exact) mass is 561 g/mol. The zero-order chi connectivity index (χ0) is 28.9. The molecule has 0 saturated carbocycles. The third-order valence-corrected chi connectivity index (χ3v) is 6.99. The van der Waals surface area contributed by atoms with Gasteiger partial charge in [0.25, 0.3) is 5.92 Å². The molecule has 212 valence electrons. The first kappa shape index (κ1) is 27.5. The first-order chi connectivity index (χ1) is 18.7. The number of nitrogen functional groups attached to an aromatic ring is 1. The van der Waals surface area contributed by atoms with Crippen LogP contribution < -0.4 is 26.6 Å². The highest BCUT2D eigenvalue weighted by atomic mass is 19.4. The minimum Gasteiger partial charge on any atom is -0.382 e. The summed E-state index contributed by atoms with van der Waals surface area (Å²) in [6, 6.07) is 5.53. The van der Waals surface area contributed by atoms with Gasteiger partial charge in [0.1, 0.15) is 22.9 Å². The SMILES string of the molecule is C=C(Nc1ncccc1N1CCC(C)(N)CC1)c1nc(-c2nc(N3CC(F)(F)C3)ccc2C(F)(F)F)cnc1N. The van der Waals surface area contributed by atoms with Crippen molar-refractivity contribution in [3.63, 3.8) is 0 Å². The van der Waals surface area contributed by atoms with Gasteiger partial charge in [0.05, 0.1) is 36.2 Å². The van der Waals surface area contributed by atoms with E-state index in [0.717, 1.165) is 36.9 Å². The molecule has 5 heterocycles. The summed E-state index contributed by atoms with van der Waals surface area (Å²) in [6.45, 7) is 6.12. The van der Waals surface area contributed by atoms with Crippen molar-refractivity contribution >= 4 is 28.8 Å². The van der Waals surface area contributed by atoms with Crippen LogP contribution in [0.1, 0.15) is 31.0 Å². The Labute approximate surface area is 227 Å². The molecule has 0 atom stereocenters. The van der Waals surface area contributed by atoms with Crippen molar-refractivity contribution in [1.82, 2.24) is 19.9 Å². The normalized spacial score (nSPS) is 18.3. The van der Waals surface area contributed by atoms with Crippen molar-refractivity contribution in [2.45, 2.75) is 37.4 Å². The van der Waals surface area contributed by atoms with Gasteiger partial charge in [0.2, 0.25) is 0 Å². The summed E-state index contributed by atoms with van der Waals surface area (Å²) in [6.07, 6.45) is -0.570. The minimum atomic E-state index is -4.78. The molecule has 5 N–H and O–H groups in total. The topological polar surface area (TPSA) is 122 Å². The van der Waals surface area contributed by atoms with Crippen LogP contribution in [0.3, 0.4) is 0 Å². The molecule has 5 rings (SSSR count). The lowest BCUT2D eigenvalue weighted by atomic mass is 9.91. The van der Waals surface area contributed by atoms with Crippen molar-refractivity contribution in [2.75, 3.05) is 47.0 Å². The van der Waals surface area contributed by atoms with Crippen LogP contribution >= 0.6 is 0 Å². The van der Waals surface area contributed by atoms with Gasteiger partial charge in [-0.05, 0) is 44.0 Å². The number of rotatable bonds is 6. The van der Waals surface area contributed by atoms with Gasteiger partial charge in [-0.25, -0.2) is 28.7 Å². The maximum Gasteiger partial charge on any atom is 0.418 e. The summed E-state index contributed by atoms with van der Waals surface area (Å²) >= 11 is 0. The molecular formula is C26H28F5N9. The average molecular weight is 562 g/mol. The molecule has 2 saturated heterocycles. The fraction of sp³-hybridized carbons (Fsp3) is 0.385. The van der Waals surface area contributed by atoms with Crippen LogP contribution in [0.5, 0.6) is 0 Å². The summed E-state index contributed by atoms with van der Waals surface area (Å²) in [7, 11) is 0. The lowest BCUT2D eigenvalue weighted by Crippen LogP contribution is -2.56. The van der Waals surface area contributed by atoms with Gasteiger partial charge in [0.15, 0.2) is 11.6 Å². The van der Waals surface area contributed by atoms with E-state index in [-0.39, 0.29) is 34.3 Å². The predicted molar refractivity (Wildman–Crippen MR) is 143 cm³/mol. The fourth-order valence-corrected chi connectivity index (χ4v) is 4.67. The van der Waals surface area contributed by atoms with Crippen molar-refractivity contribution in [3.05, 3.63) is 54.5 Å². The van der Waals surface area contributed by atoms with Gasteiger partial charge in [-0.3, -0.25) is 0 Å². The maximum atomic E-state index is 13.9. The van der Waals surface area contributed by atoms with Crippen LogP contribution in [-0.4, -0.2) is 57.6 Å². The summed E-state index contributed by atoms with van der Waals surface area (Å²) in [5.74, 6) is -2.58. The van der Waals surface area contributed by atoms with Crippen molar-refractivity contribution in [1.29, 1.82) is 0 Å². The van der Waals surface area contributed by atoms with Gasteiger partial charge in [-0.1, -0.05) is 6.58 Å². The molecule has 0 unspecified atom stereocenters. The molecule has 0 aliphatic carbocycles. The molecule has 3 aromatic rings. The Balaban J connectivity index is 1.45. The summed E-state index contributed by atoms with van der Waals surface area (Å²) in [5, 5.41) is 3.07. The minimum absolute atomic E-state index is 0.00177. The molecule has 0 amide bonds. The van der Waals surface area contributed by atoms with Gasteiger partial charge >= 0.3 is 6.18 Å². The first-order valence-electron chi connectivity index (χ1n) is 12.5. The first-order valence-corrected chi connectivity index (χ1v) is 12.5. The van der Waals surface area contributed by atoms with E-state index in [1.54, 1.807) is 12.3 Å². The Morgan fingerprint density at radius 1 is 1.05 bits per heavy atom. The standard InChI is InChI=1S/C26H28F5N9/c1-15(36-23-18(4-3-9-34-23)39-10-7-24(2,33)8-11-39)20-22(32)35-12-17(37-20)21-16(26(29,30)31)5-6-19(38-21)40-13-25(27,28)14-40/h3-6,9,12H,1,7-8,10-11,13-14,33H2,2H3,(H2,32,35)(H,34,36).